The number of fused-ring (bicyclic) bond motifs is 5. The maximum Gasteiger partial charge on any atom is 0.0653 e. The minimum atomic E-state index is -0.450. The molecule has 0 aliphatic heterocycles. The Labute approximate surface area is 135 Å². The molecule has 4 aliphatic rings. The molecule has 4 fully saturated rings. The van der Waals surface area contributed by atoms with Gasteiger partial charge in [-0.1, -0.05) is 20.3 Å². The van der Waals surface area contributed by atoms with Crippen molar-refractivity contribution in [1.82, 2.24) is 0 Å². The molecular formula is C20H34O2. The number of aliphatic hydroxyl groups is 2. The summed E-state index contributed by atoms with van der Waals surface area (Å²) >= 11 is 0. The van der Waals surface area contributed by atoms with Gasteiger partial charge in [0.25, 0.3) is 0 Å². The third kappa shape index (κ3) is 1.86. The Balaban J connectivity index is 1.67. The van der Waals surface area contributed by atoms with Gasteiger partial charge in [0, 0.05) is 0 Å². The van der Waals surface area contributed by atoms with Crippen LogP contribution in [0.5, 0.6) is 0 Å². The van der Waals surface area contributed by atoms with E-state index in [9.17, 15) is 10.2 Å². The van der Waals surface area contributed by atoms with Gasteiger partial charge in [-0.3, -0.25) is 0 Å². The van der Waals surface area contributed by atoms with Crippen LogP contribution in [0.2, 0.25) is 0 Å². The van der Waals surface area contributed by atoms with E-state index in [0.717, 1.165) is 30.6 Å². The van der Waals surface area contributed by atoms with Crippen LogP contribution in [0, 0.1) is 34.5 Å². The van der Waals surface area contributed by atoms with Crippen molar-refractivity contribution >= 4 is 0 Å². The lowest BCUT2D eigenvalue weighted by atomic mass is 9.43. The highest BCUT2D eigenvalue weighted by Crippen LogP contribution is 2.67. The Morgan fingerprint density at radius 2 is 1.50 bits per heavy atom. The number of hydrogen-bond acceptors (Lipinski definition) is 2. The smallest absolute Gasteiger partial charge is 0.0653 e. The van der Waals surface area contributed by atoms with E-state index in [-0.39, 0.29) is 11.5 Å². The van der Waals surface area contributed by atoms with Crippen LogP contribution < -0.4 is 0 Å². The first-order valence-corrected chi connectivity index (χ1v) is 9.69. The van der Waals surface area contributed by atoms with Gasteiger partial charge in [0.15, 0.2) is 0 Å². The lowest BCUT2D eigenvalue weighted by Crippen LogP contribution is -2.59. The molecule has 0 amide bonds. The fourth-order valence-corrected chi connectivity index (χ4v) is 7.81. The zero-order valence-corrected chi connectivity index (χ0v) is 14.6. The van der Waals surface area contributed by atoms with E-state index in [4.69, 9.17) is 0 Å². The minimum absolute atomic E-state index is 0.0709. The van der Waals surface area contributed by atoms with Crippen LogP contribution in [0.4, 0.5) is 0 Å². The van der Waals surface area contributed by atoms with Crippen LogP contribution in [0.3, 0.4) is 0 Å². The molecule has 2 heteroatoms. The van der Waals surface area contributed by atoms with Gasteiger partial charge in [-0.05, 0) is 92.8 Å². The molecular weight excluding hydrogens is 272 g/mol. The summed E-state index contributed by atoms with van der Waals surface area (Å²) < 4.78 is 0. The third-order valence-electron chi connectivity index (χ3n) is 8.97. The summed E-state index contributed by atoms with van der Waals surface area (Å²) in [6, 6.07) is 0. The molecule has 0 spiro atoms. The van der Waals surface area contributed by atoms with Gasteiger partial charge in [0.05, 0.1) is 11.7 Å². The van der Waals surface area contributed by atoms with E-state index < -0.39 is 5.60 Å². The summed E-state index contributed by atoms with van der Waals surface area (Å²) in [7, 11) is 0. The fourth-order valence-electron chi connectivity index (χ4n) is 7.81. The summed E-state index contributed by atoms with van der Waals surface area (Å²) in [6.07, 6.45) is 10.6. The topological polar surface area (TPSA) is 40.5 Å². The second kappa shape index (κ2) is 4.72. The van der Waals surface area contributed by atoms with Crippen LogP contribution in [0.15, 0.2) is 0 Å². The Morgan fingerprint density at radius 3 is 2.27 bits per heavy atom. The van der Waals surface area contributed by atoms with Crippen LogP contribution >= 0.6 is 0 Å². The lowest BCUT2D eigenvalue weighted by Gasteiger charge is -2.63. The van der Waals surface area contributed by atoms with Crippen molar-refractivity contribution in [3.63, 3.8) is 0 Å². The zero-order valence-electron chi connectivity index (χ0n) is 14.6. The molecule has 0 bridgehead atoms. The predicted octanol–water partition coefficient (Wildman–Crippen LogP) is 4.14. The maximum absolute atomic E-state index is 11.0. The Hall–Kier alpha value is -0.0800. The molecule has 0 radical (unpaired) electrons. The summed E-state index contributed by atoms with van der Waals surface area (Å²) in [5.74, 6) is 2.80. The van der Waals surface area contributed by atoms with Gasteiger partial charge < -0.3 is 10.2 Å². The summed E-state index contributed by atoms with van der Waals surface area (Å²) in [5, 5.41) is 21.5. The average Bonchev–Trinajstić information content (AvgIpc) is 2.74. The lowest BCUT2D eigenvalue weighted by molar-refractivity contribution is -0.180. The first-order valence-electron chi connectivity index (χ1n) is 9.69. The second-order valence-corrected chi connectivity index (χ2v) is 9.86. The van der Waals surface area contributed by atoms with Gasteiger partial charge in [0.2, 0.25) is 0 Å². The number of hydrogen-bond donors (Lipinski definition) is 2. The van der Waals surface area contributed by atoms with Crippen molar-refractivity contribution in [2.75, 3.05) is 0 Å². The summed E-state index contributed by atoms with van der Waals surface area (Å²) in [5.41, 5.74) is 0.0645. The Kier molecular flexibility index (Phi) is 3.32. The predicted molar refractivity (Wildman–Crippen MR) is 88.4 cm³/mol. The van der Waals surface area contributed by atoms with E-state index in [1.165, 1.54) is 44.9 Å². The van der Waals surface area contributed by atoms with E-state index in [1.54, 1.807) is 0 Å². The van der Waals surface area contributed by atoms with E-state index in [0.29, 0.717) is 11.3 Å². The first kappa shape index (κ1) is 15.4. The normalized spacial score (nSPS) is 61.2. The molecule has 4 aliphatic carbocycles. The Bertz CT molecular complexity index is 459. The molecule has 0 aromatic carbocycles. The molecule has 4 rings (SSSR count). The molecule has 4 saturated carbocycles. The van der Waals surface area contributed by atoms with Gasteiger partial charge in [0.1, 0.15) is 0 Å². The molecule has 8 atom stereocenters. The van der Waals surface area contributed by atoms with Crippen LogP contribution in [-0.2, 0) is 0 Å². The van der Waals surface area contributed by atoms with Crippen molar-refractivity contribution in [3.05, 3.63) is 0 Å². The van der Waals surface area contributed by atoms with Crippen molar-refractivity contribution in [3.8, 4) is 0 Å². The molecule has 126 valence electrons. The van der Waals surface area contributed by atoms with E-state index in [1.807, 2.05) is 0 Å². The molecule has 2 nitrogen and oxygen atoms in total. The van der Waals surface area contributed by atoms with Crippen LogP contribution in [0.25, 0.3) is 0 Å². The minimum Gasteiger partial charge on any atom is -0.393 e. The Morgan fingerprint density at radius 1 is 0.773 bits per heavy atom. The molecule has 22 heavy (non-hydrogen) atoms. The molecule has 0 saturated heterocycles. The average molecular weight is 306 g/mol. The molecule has 0 aromatic heterocycles. The van der Waals surface area contributed by atoms with Gasteiger partial charge in [-0.15, -0.1) is 0 Å². The summed E-state index contributed by atoms with van der Waals surface area (Å²) in [6.45, 7) is 6.95. The van der Waals surface area contributed by atoms with Crippen molar-refractivity contribution in [2.45, 2.75) is 90.3 Å². The van der Waals surface area contributed by atoms with Gasteiger partial charge >= 0.3 is 0 Å². The molecule has 0 unspecified atom stereocenters. The van der Waals surface area contributed by atoms with Crippen LogP contribution in [0.1, 0.15) is 78.6 Å². The third-order valence-corrected chi connectivity index (χ3v) is 8.97. The number of aliphatic hydroxyl groups excluding tert-OH is 1. The highest BCUT2D eigenvalue weighted by molar-refractivity contribution is 5.11. The second-order valence-electron chi connectivity index (χ2n) is 9.86. The summed E-state index contributed by atoms with van der Waals surface area (Å²) in [4.78, 5) is 0. The number of rotatable bonds is 0. The molecule has 0 heterocycles. The van der Waals surface area contributed by atoms with E-state index in [2.05, 4.69) is 20.8 Å². The molecule has 2 N–H and O–H groups in total. The monoisotopic (exact) mass is 306 g/mol. The van der Waals surface area contributed by atoms with E-state index >= 15 is 0 Å². The largest absolute Gasteiger partial charge is 0.393 e. The van der Waals surface area contributed by atoms with Crippen molar-refractivity contribution in [1.29, 1.82) is 0 Å². The highest BCUT2D eigenvalue weighted by Gasteiger charge is 2.62. The highest BCUT2D eigenvalue weighted by atomic mass is 16.3. The van der Waals surface area contributed by atoms with Crippen molar-refractivity contribution < 1.29 is 10.2 Å². The van der Waals surface area contributed by atoms with Crippen LogP contribution in [-0.4, -0.2) is 21.9 Å². The van der Waals surface area contributed by atoms with Gasteiger partial charge in [-0.2, -0.15) is 0 Å². The SMILES string of the molecule is C[C@]12CCC[C@](C)(O)[C@@H]1CC[C@@H]1[C@@H]2CC[C@]2(C)[C@@H](O)CC[C@@H]12. The zero-order chi connectivity index (χ0) is 15.8. The maximum atomic E-state index is 11.0. The van der Waals surface area contributed by atoms with Gasteiger partial charge in [-0.25, -0.2) is 0 Å². The quantitative estimate of drug-likeness (QED) is 0.706. The standard InChI is InChI=1S/C20H34O2/c1-18-10-4-11-20(3,22)16(18)7-5-13-14-6-8-17(21)19(14,2)12-9-15(13)18/h13-17,21-22H,4-12H2,1-3H3/t13-,14-,15-,16+,17-,18+,19-,20-/m0/s1. The van der Waals surface area contributed by atoms with Crippen molar-refractivity contribution in [2.24, 2.45) is 34.5 Å². The first-order chi connectivity index (χ1) is 10.3. The molecule has 0 aromatic rings. The fraction of sp³-hybridized carbons (Fsp3) is 1.00.